The average Bonchev–Trinajstić information content (AvgIpc) is 2.92. The van der Waals surface area contributed by atoms with Crippen LogP contribution in [-0.2, 0) is 19.1 Å². The average molecular weight is 329 g/mol. The Morgan fingerprint density at radius 3 is 2.21 bits per heavy atom. The van der Waals surface area contributed by atoms with Gasteiger partial charge in [-0.1, -0.05) is 0 Å². The van der Waals surface area contributed by atoms with Crippen LogP contribution >= 0.6 is 0 Å². The molecule has 124 valence electrons. The molecule has 1 N–H and O–H groups in total. The van der Waals surface area contributed by atoms with E-state index in [-0.39, 0.29) is 5.57 Å². The zero-order valence-electron chi connectivity index (χ0n) is 13.3. The number of nitrogens with zero attached hydrogens (tertiary/aromatic N) is 2. The Bertz CT molecular complexity index is 798. The number of hydrogen-bond acceptors (Lipinski definition) is 8. The summed E-state index contributed by atoms with van der Waals surface area (Å²) in [7, 11) is 0. The van der Waals surface area contributed by atoms with Crippen LogP contribution in [0.3, 0.4) is 0 Å². The van der Waals surface area contributed by atoms with Crippen LogP contribution in [0.4, 0.5) is 5.69 Å². The van der Waals surface area contributed by atoms with Crippen LogP contribution in [0.1, 0.15) is 19.7 Å². The van der Waals surface area contributed by atoms with Crippen molar-refractivity contribution >= 4 is 17.6 Å². The minimum absolute atomic E-state index is 0.203. The van der Waals surface area contributed by atoms with Gasteiger partial charge in [-0.3, -0.25) is 0 Å². The van der Waals surface area contributed by atoms with Gasteiger partial charge in [0.2, 0.25) is 11.8 Å². The summed E-state index contributed by atoms with van der Waals surface area (Å²) < 4.78 is 15.3. The van der Waals surface area contributed by atoms with E-state index in [1.807, 2.05) is 0 Å². The minimum Gasteiger partial charge on any atom is -0.421 e. The van der Waals surface area contributed by atoms with Crippen molar-refractivity contribution < 1.29 is 23.5 Å². The lowest BCUT2D eigenvalue weighted by Crippen LogP contribution is -2.42. The van der Waals surface area contributed by atoms with Crippen LogP contribution in [0.2, 0.25) is 0 Å². The van der Waals surface area contributed by atoms with E-state index in [1.54, 1.807) is 31.2 Å². The molecule has 0 aliphatic carbocycles. The SMILES string of the molecule is Cc1nnc(-c2ccc(NC=C3C(=O)OC(C)(C)OC3=O)cc2)o1. The molecule has 0 spiro atoms. The molecule has 24 heavy (non-hydrogen) atoms. The fourth-order valence-corrected chi connectivity index (χ4v) is 2.06. The molecule has 1 fully saturated rings. The van der Waals surface area contributed by atoms with Gasteiger partial charge >= 0.3 is 11.9 Å². The van der Waals surface area contributed by atoms with E-state index in [0.29, 0.717) is 17.5 Å². The second-order valence-electron chi connectivity index (χ2n) is 5.58. The fourth-order valence-electron chi connectivity index (χ4n) is 2.06. The zero-order chi connectivity index (χ0) is 17.3. The number of aryl methyl sites for hydroxylation is 1. The predicted molar refractivity (Wildman–Crippen MR) is 82.4 cm³/mol. The molecular formula is C16H15N3O5. The standard InChI is InChI=1S/C16H15N3O5/c1-9-18-19-13(22-9)10-4-6-11(7-5-10)17-8-12-14(20)23-16(2,3)24-15(12)21/h4-8,17H,1-3H3. The highest BCUT2D eigenvalue weighted by atomic mass is 16.7. The molecule has 0 amide bonds. The van der Waals surface area contributed by atoms with Crippen molar-refractivity contribution in [3.05, 3.63) is 41.9 Å². The number of ether oxygens (including phenoxy) is 2. The third kappa shape index (κ3) is 3.27. The predicted octanol–water partition coefficient (Wildman–Crippen LogP) is 2.18. The Morgan fingerprint density at radius 1 is 1.04 bits per heavy atom. The number of carbonyl (C=O) groups excluding carboxylic acids is 2. The molecule has 1 aliphatic rings. The summed E-state index contributed by atoms with van der Waals surface area (Å²) in [6.45, 7) is 4.69. The first-order valence-electron chi connectivity index (χ1n) is 7.18. The van der Waals surface area contributed by atoms with Crippen LogP contribution in [0, 0.1) is 6.92 Å². The molecule has 3 rings (SSSR count). The van der Waals surface area contributed by atoms with E-state index < -0.39 is 17.7 Å². The molecular weight excluding hydrogens is 314 g/mol. The molecule has 0 unspecified atom stereocenters. The number of carbonyl (C=O) groups is 2. The number of benzene rings is 1. The molecule has 1 aliphatic heterocycles. The number of anilines is 1. The van der Waals surface area contributed by atoms with E-state index in [4.69, 9.17) is 13.9 Å². The number of rotatable bonds is 3. The van der Waals surface area contributed by atoms with Gasteiger partial charge in [0.15, 0.2) is 5.57 Å². The lowest BCUT2D eigenvalue weighted by molar-refractivity contribution is -0.222. The topological polar surface area (TPSA) is 104 Å². The van der Waals surface area contributed by atoms with Gasteiger partial charge in [0, 0.05) is 38.2 Å². The van der Waals surface area contributed by atoms with Gasteiger partial charge in [-0.25, -0.2) is 9.59 Å². The Balaban J connectivity index is 1.72. The van der Waals surface area contributed by atoms with Gasteiger partial charge in [-0.2, -0.15) is 0 Å². The highest BCUT2D eigenvalue weighted by Crippen LogP contribution is 2.23. The molecule has 0 atom stereocenters. The number of aromatic nitrogens is 2. The summed E-state index contributed by atoms with van der Waals surface area (Å²) >= 11 is 0. The van der Waals surface area contributed by atoms with Crippen molar-refractivity contribution in [2.75, 3.05) is 5.32 Å². The third-order valence-corrected chi connectivity index (χ3v) is 3.16. The van der Waals surface area contributed by atoms with Gasteiger partial charge in [0.25, 0.3) is 5.79 Å². The second-order valence-corrected chi connectivity index (χ2v) is 5.58. The molecule has 1 aromatic heterocycles. The second kappa shape index (κ2) is 5.80. The van der Waals surface area contributed by atoms with E-state index in [1.165, 1.54) is 20.0 Å². The van der Waals surface area contributed by atoms with E-state index >= 15 is 0 Å². The van der Waals surface area contributed by atoms with Gasteiger partial charge in [-0.15, -0.1) is 10.2 Å². The largest absolute Gasteiger partial charge is 0.421 e. The van der Waals surface area contributed by atoms with E-state index in [9.17, 15) is 9.59 Å². The zero-order valence-corrected chi connectivity index (χ0v) is 13.3. The molecule has 2 aromatic rings. The molecule has 8 nitrogen and oxygen atoms in total. The van der Waals surface area contributed by atoms with Crippen LogP contribution in [0.15, 0.2) is 40.5 Å². The first kappa shape index (κ1) is 15.7. The van der Waals surface area contributed by atoms with Crippen molar-refractivity contribution in [2.24, 2.45) is 0 Å². The molecule has 8 heteroatoms. The Labute approximate surface area is 137 Å². The summed E-state index contributed by atoms with van der Waals surface area (Å²) in [5.74, 6) is -1.83. The van der Waals surface area contributed by atoms with Crippen LogP contribution in [0.25, 0.3) is 11.5 Å². The lowest BCUT2D eigenvalue weighted by Gasteiger charge is -2.29. The lowest BCUT2D eigenvalue weighted by atomic mass is 10.2. The smallest absolute Gasteiger partial charge is 0.350 e. The molecule has 2 heterocycles. The van der Waals surface area contributed by atoms with Crippen molar-refractivity contribution in [1.29, 1.82) is 0 Å². The van der Waals surface area contributed by atoms with Gasteiger partial charge in [0.1, 0.15) is 0 Å². The number of esters is 2. The normalized spacial score (nSPS) is 16.4. The molecule has 0 radical (unpaired) electrons. The van der Waals surface area contributed by atoms with Crippen molar-refractivity contribution in [3.63, 3.8) is 0 Å². The summed E-state index contributed by atoms with van der Waals surface area (Å²) in [6.07, 6.45) is 1.26. The summed E-state index contributed by atoms with van der Waals surface area (Å²) in [5.41, 5.74) is 1.21. The van der Waals surface area contributed by atoms with Crippen molar-refractivity contribution in [3.8, 4) is 11.5 Å². The van der Waals surface area contributed by atoms with Crippen molar-refractivity contribution in [2.45, 2.75) is 26.6 Å². The van der Waals surface area contributed by atoms with Crippen LogP contribution in [-0.4, -0.2) is 27.9 Å². The third-order valence-electron chi connectivity index (χ3n) is 3.16. The summed E-state index contributed by atoms with van der Waals surface area (Å²) in [4.78, 5) is 23.6. The summed E-state index contributed by atoms with van der Waals surface area (Å²) in [5, 5.41) is 10.5. The highest BCUT2D eigenvalue weighted by molar-refractivity contribution is 6.15. The summed E-state index contributed by atoms with van der Waals surface area (Å²) in [6, 6.07) is 7.04. The molecule has 1 aromatic carbocycles. The van der Waals surface area contributed by atoms with Gasteiger partial charge in [0.05, 0.1) is 0 Å². The first-order chi connectivity index (χ1) is 11.3. The Kier molecular flexibility index (Phi) is 3.80. The van der Waals surface area contributed by atoms with Gasteiger partial charge in [-0.05, 0) is 24.3 Å². The monoisotopic (exact) mass is 329 g/mol. The molecule has 1 saturated heterocycles. The quantitative estimate of drug-likeness (QED) is 0.519. The maximum Gasteiger partial charge on any atom is 0.350 e. The Hall–Kier alpha value is -3.16. The number of nitrogens with one attached hydrogen (secondary N) is 1. The minimum atomic E-state index is -1.25. The number of hydrogen-bond donors (Lipinski definition) is 1. The van der Waals surface area contributed by atoms with Crippen molar-refractivity contribution in [1.82, 2.24) is 10.2 Å². The highest BCUT2D eigenvalue weighted by Gasteiger charge is 2.38. The maximum atomic E-state index is 11.8. The van der Waals surface area contributed by atoms with E-state index in [0.717, 1.165) is 5.56 Å². The Morgan fingerprint density at radius 2 is 1.67 bits per heavy atom. The molecule has 0 bridgehead atoms. The van der Waals surface area contributed by atoms with Crippen LogP contribution < -0.4 is 5.32 Å². The van der Waals surface area contributed by atoms with Gasteiger partial charge < -0.3 is 19.2 Å². The first-order valence-corrected chi connectivity index (χ1v) is 7.18. The van der Waals surface area contributed by atoms with Crippen LogP contribution in [0.5, 0.6) is 0 Å². The maximum absolute atomic E-state index is 11.8. The fraction of sp³-hybridized carbons (Fsp3) is 0.250. The van der Waals surface area contributed by atoms with E-state index in [2.05, 4.69) is 15.5 Å². The number of cyclic esters (lactones) is 2. The molecule has 0 saturated carbocycles.